The van der Waals surface area contributed by atoms with E-state index in [0.717, 1.165) is 47.0 Å². The zero-order valence-corrected chi connectivity index (χ0v) is 22.4. The Bertz CT molecular complexity index is 1330. The largest absolute Gasteiger partial charge is 0.435 e. The van der Waals surface area contributed by atoms with Crippen LogP contribution in [0, 0.1) is 0 Å². The number of alkyl halides is 3. The second kappa shape index (κ2) is 11.8. The summed E-state index contributed by atoms with van der Waals surface area (Å²) in [4.78, 5) is 36.9. The van der Waals surface area contributed by atoms with Crippen LogP contribution >= 0.6 is 0 Å². The number of fused-ring (bicyclic) bond motifs is 3. The third-order valence-corrected chi connectivity index (χ3v) is 7.82. The number of pyridine rings is 1. The first kappa shape index (κ1) is 27.8. The number of hydrogen-bond acceptors (Lipinski definition) is 5. The Morgan fingerprint density at radius 1 is 1.00 bits per heavy atom. The molecule has 5 rings (SSSR count). The van der Waals surface area contributed by atoms with E-state index in [4.69, 9.17) is 0 Å². The molecule has 11 heteroatoms. The number of aryl methyl sites for hydroxylation is 1. The Kier molecular flexibility index (Phi) is 8.20. The van der Waals surface area contributed by atoms with Crippen LogP contribution in [-0.2, 0) is 35.4 Å². The lowest BCUT2D eigenvalue weighted by Gasteiger charge is -2.33. The van der Waals surface area contributed by atoms with Crippen LogP contribution in [0.25, 0.3) is 0 Å². The SMILES string of the molecule is CC(=O)N1CC[C@@H]2CC[C@H](CN(C(=O)CCn3ccc(C(F)(F)F)n3)Cc3ccccc31)N2Cc1ccccn1. The van der Waals surface area contributed by atoms with Crippen molar-refractivity contribution in [1.29, 1.82) is 0 Å². The molecule has 2 aliphatic rings. The first-order chi connectivity index (χ1) is 19.2. The molecule has 2 bridgehead atoms. The Hall–Kier alpha value is -3.73. The highest BCUT2D eigenvalue weighted by atomic mass is 19.4. The van der Waals surface area contributed by atoms with Gasteiger partial charge in [0.15, 0.2) is 5.69 Å². The van der Waals surface area contributed by atoms with Crippen LogP contribution in [0.5, 0.6) is 0 Å². The van der Waals surface area contributed by atoms with Gasteiger partial charge in [-0.25, -0.2) is 0 Å². The Morgan fingerprint density at radius 2 is 1.77 bits per heavy atom. The standard InChI is InChI=1S/C29H33F3N6O2/c1-21(39)37-17-11-24-9-10-25(38(24)19-23-7-4-5-14-33-23)20-35(18-22-6-2-3-8-26(22)37)28(40)13-16-36-15-12-27(34-36)29(30,31)32/h2-8,12,14-15,24-25H,9-11,13,16-20H2,1H3/t24-,25+/m0/s1. The molecule has 2 aromatic heterocycles. The van der Waals surface area contributed by atoms with E-state index < -0.39 is 11.9 Å². The number of carbonyl (C=O) groups excluding carboxylic acids is 2. The molecule has 0 unspecified atom stereocenters. The van der Waals surface area contributed by atoms with E-state index in [1.54, 1.807) is 22.9 Å². The fraction of sp³-hybridized carbons (Fsp3) is 0.448. The Balaban J connectivity index is 1.42. The van der Waals surface area contributed by atoms with Crippen molar-refractivity contribution >= 4 is 17.5 Å². The second-order valence-electron chi connectivity index (χ2n) is 10.5. The van der Waals surface area contributed by atoms with Gasteiger partial charge < -0.3 is 9.80 Å². The highest BCUT2D eigenvalue weighted by Crippen LogP contribution is 2.33. The molecule has 1 saturated heterocycles. The lowest BCUT2D eigenvalue weighted by molar-refractivity contribution is -0.141. The number of rotatable bonds is 5. The maximum absolute atomic E-state index is 13.6. The van der Waals surface area contributed by atoms with Gasteiger partial charge in [-0.15, -0.1) is 0 Å². The average molecular weight is 555 g/mol. The van der Waals surface area contributed by atoms with Crippen LogP contribution in [0.4, 0.5) is 18.9 Å². The van der Waals surface area contributed by atoms with Gasteiger partial charge in [-0.1, -0.05) is 24.3 Å². The number of benzene rings is 1. The van der Waals surface area contributed by atoms with Crippen LogP contribution in [0.15, 0.2) is 60.9 Å². The van der Waals surface area contributed by atoms with Crippen LogP contribution in [-0.4, -0.2) is 61.6 Å². The van der Waals surface area contributed by atoms with Gasteiger partial charge in [-0.3, -0.25) is 24.2 Å². The molecule has 3 aromatic rings. The van der Waals surface area contributed by atoms with Gasteiger partial charge >= 0.3 is 6.18 Å². The molecule has 0 aliphatic carbocycles. The number of aromatic nitrogens is 3. The minimum Gasteiger partial charge on any atom is -0.337 e. The topological polar surface area (TPSA) is 74.6 Å². The van der Waals surface area contributed by atoms with Crippen LogP contribution in [0.3, 0.4) is 0 Å². The summed E-state index contributed by atoms with van der Waals surface area (Å²) in [6, 6.07) is 14.7. The van der Waals surface area contributed by atoms with Crippen molar-refractivity contribution in [3.8, 4) is 0 Å². The number of nitrogens with zero attached hydrogens (tertiary/aromatic N) is 6. The van der Waals surface area contributed by atoms with Crippen molar-refractivity contribution < 1.29 is 22.8 Å². The molecule has 0 saturated carbocycles. The second-order valence-corrected chi connectivity index (χ2v) is 10.5. The number of carbonyl (C=O) groups is 2. The first-order valence-corrected chi connectivity index (χ1v) is 13.6. The molecule has 1 fully saturated rings. The summed E-state index contributed by atoms with van der Waals surface area (Å²) < 4.78 is 40.2. The molecule has 0 N–H and O–H groups in total. The molecule has 2 aliphatic heterocycles. The zero-order chi connectivity index (χ0) is 28.3. The number of halogens is 3. The summed E-state index contributed by atoms with van der Waals surface area (Å²) in [5.41, 5.74) is 1.61. The van der Waals surface area contributed by atoms with Crippen molar-refractivity contribution in [2.75, 3.05) is 18.0 Å². The van der Waals surface area contributed by atoms with Crippen molar-refractivity contribution in [1.82, 2.24) is 24.6 Å². The smallest absolute Gasteiger partial charge is 0.337 e. The van der Waals surface area contributed by atoms with Gasteiger partial charge in [-0.2, -0.15) is 18.3 Å². The molecule has 2 atom stereocenters. The fourth-order valence-corrected chi connectivity index (χ4v) is 5.81. The van der Waals surface area contributed by atoms with E-state index in [1.165, 1.54) is 6.20 Å². The summed E-state index contributed by atoms with van der Waals surface area (Å²) in [5, 5.41) is 3.60. The molecule has 8 nitrogen and oxygen atoms in total. The summed E-state index contributed by atoms with van der Waals surface area (Å²) in [7, 11) is 0. The fourth-order valence-electron chi connectivity index (χ4n) is 5.81. The number of anilines is 1. The lowest BCUT2D eigenvalue weighted by atomic mass is 10.1. The van der Waals surface area contributed by atoms with Gasteiger partial charge in [0.2, 0.25) is 11.8 Å². The van der Waals surface area contributed by atoms with Crippen molar-refractivity contribution in [3.05, 3.63) is 77.9 Å². The predicted octanol–water partition coefficient (Wildman–Crippen LogP) is 4.51. The number of hydrogen-bond donors (Lipinski definition) is 0. The minimum absolute atomic E-state index is 0.00789. The average Bonchev–Trinajstić information content (AvgIpc) is 3.55. The van der Waals surface area contributed by atoms with Crippen LogP contribution in [0.1, 0.15) is 49.6 Å². The normalized spacial score (nSPS) is 20.2. The maximum atomic E-state index is 13.6. The third-order valence-electron chi connectivity index (χ3n) is 7.82. The highest BCUT2D eigenvalue weighted by Gasteiger charge is 2.37. The van der Waals surface area contributed by atoms with Crippen molar-refractivity contribution in [2.24, 2.45) is 0 Å². The van der Waals surface area contributed by atoms with E-state index in [9.17, 15) is 22.8 Å². The zero-order valence-electron chi connectivity index (χ0n) is 22.4. The van der Waals surface area contributed by atoms with E-state index >= 15 is 0 Å². The van der Waals surface area contributed by atoms with E-state index in [-0.39, 0.29) is 36.9 Å². The summed E-state index contributed by atoms with van der Waals surface area (Å²) in [5.74, 6) is -0.233. The summed E-state index contributed by atoms with van der Waals surface area (Å²) >= 11 is 0. The molecule has 4 heterocycles. The molecular weight excluding hydrogens is 521 g/mol. The van der Waals surface area contributed by atoms with E-state index in [0.29, 0.717) is 26.2 Å². The predicted molar refractivity (Wildman–Crippen MR) is 143 cm³/mol. The van der Waals surface area contributed by atoms with Crippen LogP contribution in [0.2, 0.25) is 0 Å². The molecule has 40 heavy (non-hydrogen) atoms. The van der Waals surface area contributed by atoms with Crippen molar-refractivity contribution in [2.45, 2.75) is 70.5 Å². The molecule has 212 valence electrons. The van der Waals surface area contributed by atoms with Gasteiger partial charge in [0, 0.05) is 76.2 Å². The lowest BCUT2D eigenvalue weighted by Crippen LogP contribution is -2.45. The molecule has 2 amide bonds. The summed E-state index contributed by atoms with van der Waals surface area (Å²) in [6.45, 7) is 3.57. The summed E-state index contributed by atoms with van der Waals surface area (Å²) in [6.07, 6.45) is 1.14. The maximum Gasteiger partial charge on any atom is 0.435 e. The van der Waals surface area contributed by atoms with Gasteiger partial charge in [0.05, 0.1) is 5.69 Å². The van der Waals surface area contributed by atoms with Crippen molar-refractivity contribution in [3.63, 3.8) is 0 Å². The van der Waals surface area contributed by atoms with E-state index in [2.05, 4.69) is 15.0 Å². The number of para-hydroxylation sites is 1. The number of amides is 2. The third kappa shape index (κ3) is 6.35. The molecular formula is C29H33F3N6O2. The van der Waals surface area contributed by atoms with Gasteiger partial charge in [-0.05, 0) is 49.1 Å². The van der Waals surface area contributed by atoms with E-state index in [1.807, 2.05) is 42.5 Å². The Labute approximate surface area is 231 Å². The van der Waals surface area contributed by atoms with Gasteiger partial charge in [0.25, 0.3) is 0 Å². The molecule has 1 aromatic carbocycles. The molecule has 0 radical (unpaired) electrons. The van der Waals surface area contributed by atoms with Gasteiger partial charge in [0.1, 0.15) is 0 Å². The highest BCUT2D eigenvalue weighted by molar-refractivity contribution is 5.92. The quantitative estimate of drug-likeness (QED) is 0.464. The minimum atomic E-state index is -4.53. The first-order valence-electron chi connectivity index (χ1n) is 13.6. The monoisotopic (exact) mass is 554 g/mol. The molecule has 0 spiro atoms. The van der Waals surface area contributed by atoms with Crippen LogP contribution < -0.4 is 4.90 Å². The Morgan fingerprint density at radius 3 is 2.50 bits per heavy atom.